The predicted molar refractivity (Wildman–Crippen MR) is 81.1 cm³/mol. The van der Waals surface area contributed by atoms with Gasteiger partial charge in [0.2, 0.25) is 0 Å². The van der Waals surface area contributed by atoms with Gasteiger partial charge in [0.1, 0.15) is 6.61 Å². The van der Waals surface area contributed by atoms with E-state index >= 15 is 0 Å². The molecule has 0 radical (unpaired) electrons. The van der Waals surface area contributed by atoms with Crippen molar-refractivity contribution in [2.75, 3.05) is 0 Å². The second-order valence-corrected chi connectivity index (χ2v) is 6.03. The van der Waals surface area contributed by atoms with Gasteiger partial charge in [-0.05, 0) is 30.2 Å². The van der Waals surface area contributed by atoms with Crippen molar-refractivity contribution in [1.29, 1.82) is 0 Å². The standard InChI is InChI=1S/C18H26O2/c1-3-16(17-12-8-7-9-14(17)2)18(19)20-13-15-10-5-4-6-11-15/h4-6,10-11,14,16-17H,3,7-9,12-13H2,1-2H3/t14-,16-,17+/m1/s1. The van der Waals surface area contributed by atoms with E-state index in [-0.39, 0.29) is 11.9 Å². The zero-order valence-electron chi connectivity index (χ0n) is 12.7. The minimum Gasteiger partial charge on any atom is -0.461 e. The summed E-state index contributed by atoms with van der Waals surface area (Å²) >= 11 is 0. The van der Waals surface area contributed by atoms with E-state index in [0.29, 0.717) is 18.4 Å². The van der Waals surface area contributed by atoms with E-state index in [9.17, 15) is 4.79 Å². The summed E-state index contributed by atoms with van der Waals surface area (Å²) in [5, 5.41) is 0. The lowest BCUT2D eigenvalue weighted by Gasteiger charge is -2.33. The van der Waals surface area contributed by atoms with Gasteiger partial charge in [-0.3, -0.25) is 4.79 Å². The highest BCUT2D eigenvalue weighted by Gasteiger charge is 2.33. The molecule has 0 N–H and O–H groups in total. The van der Waals surface area contributed by atoms with E-state index in [1.165, 1.54) is 25.7 Å². The van der Waals surface area contributed by atoms with Crippen molar-refractivity contribution < 1.29 is 9.53 Å². The maximum Gasteiger partial charge on any atom is 0.309 e. The number of hydrogen-bond acceptors (Lipinski definition) is 2. The number of benzene rings is 1. The van der Waals surface area contributed by atoms with Crippen LogP contribution >= 0.6 is 0 Å². The van der Waals surface area contributed by atoms with Crippen LogP contribution in [0.4, 0.5) is 0 Å². The van der Waals surface area contributed by atoms with Gasteiger partial charge in [-0.15, -0.1) is 0 Å². The summed E-state index contributed by atoms with van der Waals surface area (Å²) in [6, 6.07) is 9.92. The van der Waals surface area contributed by atoms with Crippen LogP contribution in [0.5, 0.6) is 0 Å². The maximum absolute atomic E-state index is 12.4. The van der Waals surface area contributed by atoms with E-state index in [1.807, 2.05) is 30.3 Å². The molecule has 1 aliphatic rings. The van der Waals surface area contributed by atoms with Gasteiger partial charge in [-0.2, -0.15) is 0 Å². The average molecular weight is 274 g/mol. The van der Waals surface area contributed by atoms with Crippen molar-refractivity contribution >= 4 is 5.97 Å². The van der Waals surface area contributed by atoms with Gasteiger partial charge in [0.05, 0.1) is 5.92 Å². The fourth-order valence-corrected chi connectivity index (χ4v) is 3.42. The summed E-state index contributed by atoms with van der Waals surface area (Å²) in [4.78, 5) is 12.4. The van der Waals surface area contributed by atoms with Gasteiger partial charge in [0, 0.05) is 0 Å². The summed E-state index contributed by atoms with van der Waals surface area (Å²) in [5.41, 5.74) is 1.06. The molecule has 0 amide bonds. The zero-order valence-corrected chi connectivity index (χ0v) is 12.7. The Balaban J connectivity index is 1.91. The molecule has 1 aromatic carbocycles. The van der Waals surface area contributed by atoms with Gasteiger partial charge in [-0.1, -0.05) is 63.4 Å². The van der Waals surface area contributed by atoms with Crippen LogP contribution in [0.25, 0.3) is 0 Å². The first-order valence-corrected chi connectivity index (χ1v) is 7.93. The van der Waals surface area contributed by atoms with E-state index in [4.69, 9.17) is 4.74 Å². The summed E-state index contributed by atoms with van der Waals surface area (Å²) in [5.74, 6) is 1.24. The Morgan fingerprint density at radius 2 is 1.95 bits per heavy atom. The van der Waals surface area contributed by atoms with E-state index in [1.54, 1.807) is 0 Å². The molecule has 1 aliphatic carbocycles. The number of esters is 1. The third-order valence-corrected chi connectivity index (χ3v) is 4.66. The molecule has 2 heteroatoms. The van der Waals surface area contributed by atoms with Crippen LogP contribution in [0.1, 0.15) is 51.5 Å². The highest BCUT2D eigenvalue weighted by molar-refractivity contribution is 5.72. The number of rotatable bonds is 5. The number of ether oxygens (including phenoxy) is 1. The predicted octanol–water partition coefficient (Wildman–Crippen LogP) is 4.58. The highest BCUT2D eigenvalue weighted by atomic mass is 16.5. The molecule has 0 unspecified atom stereocenters. The third kappa shape index (κ3) is 3.84. The van der Waals surface area contributed by atoms with E-state index in [2.05, 4.69) is 13.8 Å². The highest BCUT2D eigenvalue weighted by Crippen LogP contribution is 2.37. The number of hydrogen-bond donors (Lipinski definition) is 0. The lowest BCUT2D eigenvalue weighted by atomic mass is 9.72. The first-order chi connectivity index (χ1) is 9.72. The first kappa shape index (κ1) is 15.1. The zero-order chi connectivity index (χ0) is 14.4. The molecule has 0 spiro atoms. The van der Waals surface area contributed by atoms with E-state index < -0.39 is 0 Å². The second kappa shape index (κ2) is 7.47. The van der Waals surface area contributed by atoms with Gasteiger partial charge in [0.25, 0.3) is 0 Å². The molecule has 20 heavy (non-hydrogen) atoms. The van der Waals surface area contributed by atoms with Crippen LogP contribution in [0, 0.1) is 17.8 Å². The Morgan fingerprint density at radius 3 is 2.60 bits per heavy atom. The molecule has 3 atom stereocenters. The normalized spacial score (nSPS) is 24.1. The molecular formula is C18H26O2. The topological polar surface area (TPSA) is 26.3 Å². The summed E-state index contributed by atoms with van der Waals surface area (Å²) in [6.45, 7) is 4.80. The molecule has 1 saturated carbocycles. The van der Waals surface area contributed by atoms with Crippen molar-refractivity contribution in [2.24, 2.45) is 17.8 Å². The molecule has 2 nitrogen and oxygen atoms in total. The fraction of sp³-hybridized carbons (Fsp3) is 0.611. The van der Waals surface area contributed by atoms with Crippen LogP contribution in [0.2, 0.25) is 0 Å². The molecule has 0 aromatic heterocycles. The monoisotopic (exact) mass is 274 g/mol. The molecule has 0 heterocycles. The summed E-state index contributed by atoms with van der Waals surface area (Å²) < 4.78 is 5.54. The Labute approximate surface area is 122 Å². The van der Waals surface area contributed by atoms with Crippen molar-refractivity contribution in [3.05, 3.63) is 35.9 Å². The van der Waals surface area contributed by atoms with Crippen molar-refractivity contribution in [3.8, 4) is 0 Å². The molecule has 2 rings (SSSR count). The molecule has 110 valence electrons. The quantitative estimate of drug-likeness (QED) is 0.734. The molecule has 0 bridgehead atoms. The minimum atomic E-state index is -0.00453. The van der Waals surface area contributed by atoms with Crippen LogP contribution in [-0.2, 0) is 16.1 Å². The summed E-state index contributed by atoms with van der Waals surface area (Å²) in [7, 11) is 0. The molecule has 0 aliphatic heterocycles. The van der Waals surface area contributed by atoms with Gasteiger partial charge in [0.15, 0.2) is 0 Å². The molecular weight excluding hydrogens is 248 g/mol. The Morgan fingerprint density at radius 1 is 1.25 bits per heavy atom. The van der Waals surface area contributed by atoms with Gasteiger partial charge >= 0.3 is 5.97 Å². The summed E-state index contributed by atoms with van der Waals surface area (Å²) in [6.07, 6.45) is 5.90. The first-order valence-electron chi connectivity index (χ1n) is 7.93. The average Bonchev–Trinajstić information content (AvgIpc) is 2.49. The van der Waals surface area contributed by atoms with Crippen molar-refractivity contribution in [2.45, 2.75) is 52.6 Å². The van der Waals surface area contributed by atoms with Crippen LogP contribution in [0.15, 0.2) is 30.3 Å². The lowest BCUT2D eigenvalue weighted by molar-refractivity contribution is -0.153. The van der Waals surface area contributed by atoms with Gasteiger partial charge < -0.3 is 4.74 Å². The minimum absolute atomic E-state index is 0.00453. The lowest BCUT2D eigenvalue weighted by Crippen LogP contribution is -2.31. The maximum atomic E-state index is 12.4. The van der Waals surface area contributed by atoms with Crippen molar-refractivity contribution in [3.63, 3.8) is 0 Å². The molecule has 1 fully saturated rings. The third-order valence-electron chi connectivity index (χ3n) is 4.66. The van der Waals surface area contributed by atoms with Gasteiger partial charge in [-0.25, -0.2) is 0 Å². The SMILES string of the molecule is CC[C@@H](C(=O)OCc1ccccc1)[C@H]1CCCC[C@H]1C. The largest absolute Gasteiger partial charge is 0.461 e. The van der Waals surface area contributed by atoms with E-state index in [0.717, 1.165) is 12.0 Å². The van der Waals surface area contributed by atoms with Crippen LogP contribution in [-0.4, -0.2) is 5.97 Å². The van der Waals surface area contributed by atoms with Crippen LogP contribution in [0.3, 0.4) is 0 Å². The van der Waals surface area contributed by atoms with Crippen molar-refractivity contribution in [1.82, 2.24) is 0 Å². The smallest absolute Gasteiger partial charge is 0.309 e. The fourth-order valence-electron chi connectivity index (χ4n) is 3.42. The number of carbonyl (C=O) groups is 1. The molecule has 0 saturated heterocycles. The Kier molecular flexibility index (Phi) is 5.63. The van der Waals surface area contributed by atoms with Crippen LogP contribution < -0.4 is 0 Å². The number of carbonyl (C=O) groups excluding carboxylic acids is 1. The second-order valence-electron chi connectivity index (χ2n) is 6.03. The Bertz CT molecular complexity index is 413. The molecule has 1 aromatic rings. The Hall–Kier alpha value is -1.31.